The predicted octanol–water partition coefficient (Wildman–Crippen LogP) is 6.32. The van der Waals surface area contributed by atoms with Gasteiger partial charge in [-0.05, 0) is 39.9 Å². The number of hydrogen-bond donors (Lipinski definition) is 3. The number of nitrogens with one attached hydrogen (secondary N) is 2. The summed E-state index contributed by atoms with van der Waals surface area (Å²) < 4.78 is 0. The van der Waals surface area contributed by atoms with Crippen LogP contribution in [0, 0.1) is 11.3 Å². The maximum absolute atomic E-state index is 13.4. The number of anilines is 2. The number of hydrogen-bond acceptors (Lipinski definition) is 6. The van der Waals surface area contributed by atoms with Crippen molar-refractivity contribution in [3.63, 3.8) is 0 Å². The van der Waals surface area contributed by atoms with E-state index >= 15 is 0 Å². The monoisotopic (exact) mass is 474 g/mol. The van der Waals surface area contributed by atoms with Gasteiger partial charge in [0.05, 0.1) is 5.92 Å². The summed E-state index contributed by atoms with van der Waals surface area (Å²) in [6.07, 6.45) is 0. The molecule has 0 spiro atoms. The molecular formula is C25H38N4O3S. The highest BCUT2D eigenvalue weighted by Crippen LogP contribution is 2.33. The molecule has 0 saturated heterocycles. The number of carboxylic acid groups (broad SMARTS) is 1. The van der Waals surface area contributed by atoms with Crippen molar-refractivity contribution in [1.29, 1.82) is 0 Å². The van der Waals surface area contributed by atoms with Crippen molar-refractivity contribution in [1.82, 2.24) is 10.2 Å². The van der Waals surface area contributed by atoms with Crippen LogP contribution in [0.15, 0.2) is 12.1 Å². The average Bonchev–Trinajstić information content (AvgIpc) is 3.12. The predicted molar refractivity (Wildman–Crippen MR) is 136 cm³/mol. The Bertz CT molecular complexity index is 961. The summed E-state index contributed by atoms with van der Waals surface area (Å²) in [5.41, 5.74) is 3.59. The summed E-state index contributed by atoms with van der Waals surface area (Å²) in [6.45, 7) is 18.6. The van der Waals surface area contributed by atoms with Crippen LogP contribution in [0.25, 0.3) is 0 Å². The minimum Gasteiger partial charge on any atom is -0.481 e. The number of nitrogens with zero attached hydrogens (tertiary/aromatic N) is 2. The molecule has 0 radical (unpaired) electrons. The standard InChI is InChI=1S/C25H38N4O3S/c1-13(2)16-10-17(14(3)4)20(18(11-16)15(5)6)21(30)27-24-29-28-23(33-24)26-12-19(22(31)32)25(7,8)9/h10-11,13-15,19H,12H2,1-9H3,(H,26,28)(H,31,32)(H,27,29,30). The molecule has 0 fully saturated rings. The molecule has 2 aromatic rings. The second-order valence-corrected chi connectivity index (χ2v) is 11.5. The molecule has 1 atom stereocenters. The molecule has 8 heteroatoms. The van der Waals surface area contributed by atoms with Crippen molar-refractivity contribution in [3.05, 3.63) is 34.4 Å². The van der Waals surface area contributed by atoms with Gasteiger partial charge in [0.15, 0.2) is 0 Å². The molecule has 1 heterocycles. The van der Waals surface area contributed by atoms with E-state index in [1.807, 2.05) is 20.8 Å². The number of carbonyl (C=O) groups is 2. The minimum absolute atomic E-state index is 0.193. The Morgan fingerprint density at radius 1 is 0.939 bits per heavy atom. The first-order valence-corrected chi connectivity index (χ1v) is 12.3. The number of rotatable bonds is 9. The molecule has 0 aliphatic rings. The summed E-state index contributed by atoms with van der Waals surface area (Å²) in [7, 11) is 0. The highest BCUT2D eigenvalue weighted by Gasteiger charge is 2.31. The molecule has 1 amide bonds. The highest BCUT2D eigenvalue weighted by molar-refractivity contribution is 7.19. The highest BCUT2D eigenvalue weighted by atomic mass is 32.1. The van der Waals surface area contributed by atoms with Crippen molar-refractivity contribution >= 4 is 33.5 Å². The molecule has 0 aliphatic heterocycles. The number of amides is 1. The number of benzene rings is 1. The minimum atomic E-state index is -0.861. The van der Waals surface area contributed by atoms with Crippen LogP contribution in [-0.2, 0) is 4.79 Å². The van der Waals surface area contributed by atoms with Gasteiger partial charge in [-0.15, -0.1) is 10.2 Å². The van der Waals surface area contributed by atoms with Crippen LogP contribution in [0.3, 0.4) is 0 Å². The molecule has 182 valence electrons. The largest absolute Gasteiger partial charge is 0.481 e. The van der Waals surface area contributed by atoms with E-state index in [0.29, 0.717) is 21.7 Å². The summed E-state index contributed by atoms with van der Waals surface area (Å²) >= 11 is 1.20. The number of carbonyl (C=O) groups excluding carboxylic acids is 1. The van der Waals surface area contributed by atoms with Gasteiger partial charge in [0.1, 0.15) is 0 Å². The second kappa shape index (κ2) is 10.6. The van der Waals surface area contributed by atoms with Crippen LogP contribution >= 0.6 is 11.3 Å². The molecule has 0 saturated carbocycles. The zero-order valence-corrected chi connectivity index (χ0v) is 22.1. The fourth-order valence-electron chi connectivity index (χ4n) is 3.68. The first-order valence-electron chi connectivity index (χ1n) is 11.5. The van der Waals surface area contributed by atoms with Gasteiger partial charge in [-0.1, -0.05) is 85.8 Å². The first-order chi connectivity index (χ1) is 15.2. The van der Waals surface area contributed by atoms with E-state index in [1.54, 1.807) is 0 Å². The van der Waals surface area contributed by atoms with Crippen LogP contribution in [0.5, 0.6) is 0 Å². The van der Waals surface area contributed by atoms with Gasteiger partial charge in [-0.2, -0.15) is 0 Å². The summed E-state index contributed by atoms with van der Waals surface area (Å²) in [5, 5.41) is 24.5. The lowest BCUT2D eigenvalue weighted by Crippen LogP contribution is -2.34. The quantitative estimate of drug-likeness (QED) is 0.393. The van der Waals surface area contributed by atoms with Gasteiger partial charge >= 0.3 is 5.97 Å². The molecule has 0 bridgehead atoms. The summed E-state index contributed by atoms with van der Waals surface area (Å²) in [6, 6.07) is 4.28. The lowest BCUT2D eigenvalue weighted by Gasteiger charge is -2.26. The molecule has 0 aliphatic carbocycles. The van der Waals surface area contributed by atoms with Crippen molar-refractivity contribution < 1.29 is 14.7 Å². The zero-order valence-electron chi connectivity index (χ0n) is 21.2. The Labute approximate surface area is 201 Å². The van der Waals surface area contributed by atoms with E-state index in [2.05, 4.69) is 74.5 Å². The van der Waals surface area contributed by atoms with Gasteiger partial charge in [0.25, 0.3) is 5.91 Å². The van der Waals surface area contributed by atoms with Crippen LogP contribution in [0.1, 0.15) is 107 Å². The molecule has 1 unspecified atom stereocenters. The Balaban J connectivity index is 2.27. The number of aromatic nitrogens is 2. The topological polar surface area (TPSA) is 104 Å². The smallest absolute Gasteiger partial charge is 0.308 e. The zero-order chi connectivity index (χ0) is 25.1. The lowest BCUT2D eigenvalue weighted by atomic mass is 9.81. The van der Waals surface area contributed by atoms with Gasteiger partial charge in [0, 0.05) is 12.1 Å². The Morgan fingerprint density at radius 3 is 1.88 bits per heavy atom. The number of carboxylic acids is 1. The Kier molecular flexibility index (Phi) is 8.63. The molecular weight excluding hydrogens is 436 g/mol. The fourth-order valence-corrected chi connectivity index (χ4v) is 4.32. The summed E-state index contributed by atoms with van der Waals surface area (Å²) in [5.74, 6) is -0.880. The Morgan fingerprint density at radius 2 is 1.45 bits per heavy atom. The van der Waals surface area contributed by atoms with Crippen molar-refractivity contribution in [3.8, 4) is 0 Å². The van der Waals surface area contributed by atoms with Gasteiger partial charge in [0.2, 0.25) is 10.3 Å². The van der Waals surface area contributed by atoms with E-state index in [-0.39, 0.29) is 24.3 Å². The molecule has 1 aromatic heterocycles. The van der Waals surface area contributed by atoms with E-state index < -0.39 is 17.3 Å². The van der Waals surface area contributed by atoms with Gasteiger partial charge in [-0.3, -0.25) is 14.9 Å². The van der Waals surface area contributed by atoms with E-state index in [0.717, 1.165) is 11.1 Å². The molecule has 33 heavy (non-hydrogen) atoms. The summed E-state index contributed by atoms with van der Waals surface area (Å²) in [4.78, 5) is 25.0. The van der Waals surface area contributed by atoms with E-state index in [9.17, 15) is 14.7 Å². The number of aliphatic carboxylic acids is 1. The lowest BCUT2D eigenvalue weighted by molar-refractivity contribution is -0.144. The third-order valence-electron chi connectivity index (χ3n) is 5.81. The average molecular weight is 475 g/mol. The van der Waals surface area contributed by atoms with Gasteiger partial charge in [-0.25, -0.2) is 0 Å². The van der Waals surface area contributed by atoms with E-state index in [1.165, 1.54) is 16.9 Å². The fraction of sp³-hybridized carbons (Fsp3) is 0.600. The molecule has 1 aromatic carbocycles. The third-order valence-corrected chi connectivity index (χ3v) is 6.60. The van der Waals surface area contributed by atoms with Crippen LogP contribution < -0.4 is 10.6 Å². The maximum Gasteiger partial charge on any atom is 0.308 e. The molecule has 7 nitrogen and oxygen atoms in total. The third kappa shape index (κ3) is 6.76. The van der Waals surface area contributed by atoms with Crippen molar-refractivity contribution in [2.45, 2.75) is 80.1 Å². The van der Waals surface area contributed by atoms with E-state index in [4.69, 9.17) is 0 Å². The van der Waals surface area contributed by atoms with Crippen LogP contribution in [-0.4, -0.2) is 33.7 Å². The Hall–Kier alpha value is -2.48. The first kappa shape index (κ1) is 26.8. The normalized spacial score (nSPS) is 13.0. The molecule has 2 rings (SSSR count). The molecule has 3 N–H and O–H groups in total. The maximum atomic E-state index is 13.4. The van der Waals surface area contributed by atoms with Crippen LogP contribution in [0.2, 0.25) is 0 Å². The van der Waals surface area contributed by atoms with Crippen LogP contribution in [0.4, 0.5) is 10.3 Å². The second-order valence-electron chi connectivity index (χ2n) is 10.5. The van der Waals surface area contributed by atoms with Crippen molar-refractivity contribution in [2.75, 3.05) is 17.2 Å². The van der Waals surface area contributed by atoms with Crippen molar-refractivity contribution in [2.24, 2.45) is 11.3 Å². The SMILES string of the molecule is CC(C)c1cc(C(C)C)c(C(=O)Nc2nnc(NCC(C(=O)O)C(C)(C)C)s2)c(C(C)C)c1. The van der Waals surface area contributed by atoms with Gasteiger partial charge < -0.3 is 10.4 Å².